The maximum Gasteiger partial charge on any atom is 0.221 e. The molecule has 0 saturated carbocycles. The Balaban J connectivity index is 2.81. The third-order valence-electron chi connectivity index (χ3n) is 2.10. The second-order valence-electron chi connectivity index (χ2n) is 3.18. The summed E-state index contributed by atoms with van der Waals surface area (Å²) < 4.78 is 5.14. The van der Waals surface area contributed by atoms with Crippen molar-refractivity contribution in [3.63, 3.8) is 0 Å². The number of hydrogen-bond donors (Lipinski definition) is 1. The highest BCUT2D eigenvalue weighted by Crippen LogP contribution is 2.27. The highest BCUT2D eigenvalue weighted by atomic mass is 16.5. The smallest absolute Gasteiger partial charge is 0.221 e. The first-order valence-corrected chi connectivity index (χ1v) is 4.35. The number of benzene rings is 1. The highest BCUT2D eigenvalue weighted by molar-refractivity contribution is 5.88. The van der Waals surface area contributed by atoms with Gasteiger partial charge in [0.05, 0.1) is 7.11 Å². The van der Waals surface area contributed by atoms with Gasteiger partial charge in [0.15, 0.2) is 0 Å². The first kappa shape index (κ1) is 8.81. The molecule has 0 aliphatic carbocycles. The first-order chi connectivity index (χ1) is 6.70. The molecule has 0 amide bonds. The van der Waals surface area contributed by atoms with Crippen LogP contribution in [0.5, 0.6) is 11.6 Å². The summed E-state index contributed by atoms with van der Waals surface area (Å²) in [6.07, 6.45) is 0. The molecular weight excluding hydrogens is 178 g/mol. The van der Waals surface area contributed by atoms with E-state index in [0.717, 1.165) is 16.5 Å². The van der Waals surface area contributed by atoms with E-state index < -0.39 is 0 Å². The number of fused-ring (bicyclic) bond motifs is 1. The average molecular weight is 189 g/mol. The molecule has 0 spiro atoms. The molecule has 72 valence electrons. The van der Waals surface area contributed by atoms with Gasteiger partial charge in [-0.15, -0.1) is 0 Å². The van der Waals surface area contributed by atoms with Gasteiger partial charge in [0.25, 0.3) is 0 Å². The summed E-state index contributed by atoms with van der Waals surface area (Å²) in [5, 5.41) is 11.2. The Kier molecular flexibility index (Phi) is 2.00. The lowest BCUT2D eigenvalue weighted by Crippen LogP contribution is -1.91. The second kappa shape index (κ2) is 3.18. The van der Waals surface area contributed by atoms with E-state index in [1.54, 1.807) is 19.2 Å². The Labute approximate surface area is 82.0 Å². The molecule has 2 aromatic rings. The lowest BCUT2D eigenvalue weighted by molar-refractivity contribution is 0.402. The van der Waals surface area contributed by atoms with Gasteiger partial charge in [-0.1, -0.05) is 6.07 Å². The van der Waals surface area contributed by atoms with Gasteiger partial charge in [-0.25, -0.2) is 4.98 Å². The maximum atomic E-state index is 9.34. The molecule has 14 heavy (non-hydrogen) atoms. The molecule has 0 saturated heterocycles. The van der Waals surface area contributed by atoms with Gasteiger partial charge in [-0.2, -0.15) is 0 Å². The van der Waals surface area contributed by atoms with Gasteiger partial charge in [-0.3, -0.25) is 0 Å². The SMILES string of the molecule is COc1nc(C)cc2ccc(O)cc12. The van der Waals surface area contributed by atoms with Crippen LogP contribution in [0.1, 0.15) is 5.69 Å². The molecular formula is C11H11NO2. The van der Waals surface area contributed by atoms with Crippen molar-refractivity contribution < 1.29 is 9.84 Å². The van der Waals surface area contributed by atoms with Gasteiger partial charge in [0.2, 0.25) is 5.88 Å². The number of aryl methyl sites for hydroxylation is 1. The molecule has 3 nitrogen and oxygen atoms in total. The number of rotatable bonds is 1. The minimum Gasteiger partial charge on any atom is -0.508 e. The molecule has 2 rings (SSSR count). The molecule has 1 aromatic carbocycles. The van der Waals surface area contributed by atoms with Crippen LogP contribution in [0.3, 0.4) is 0 Å². The van der Waals surface area contributed by atoms with Crippen LogP contribution in [-0.4, -0.2) is 17.2 Å². The van der Waals surface area contributed by atoms with Gasteiger partial charge in [0, 0.05) is 11.1 Å². The molecule has 0 atom stereocenters. The summed E-state index contributed by atoms with van der Waals surface area (Å²) in [5.74, 6) is 0.775. The zero-order valence-corrected chi connectivity index (χ0v) is 8.11. The Morgan fingerprint density at radius 3 is 2.79 bits per heavy atom. The quantitative estimate of drug-likeness (QED) is 0.748. The molecule has 0 fully saturated rings. The van der Waals surface area contributed by atoms with Gasteiger partial charge in [0.1, 0.15) is 5.75 Å². The van der Waals surface area contributed by atoms with Crippen LogP contribution in [0, 0.1) is 6.92 Å². The third kappa shape index (κ3) is 1.37. The number of ether oxygens (including phenoxy) is 1. The average Bonchev–Trinajstić information content (AvgIpc) is 2.17. The van der Waals surface area contributed by atoms with Crippen molar-refractivity contribution >= 4 is 10.8 Å². The molecule has 0 unspecified atom stereocenters. The van der Waals surface area contributed by atoms with Gasteiger partial charge < -0.3 is 9.84 Å². The fourth-order valence-electron chi connectivity index (χ4n) is 1.49. The van der Waals surface area contributed by atoms with E-state index in [1.807, 2.05) is 19.1 Å². The lowest BCUT2D eigenvalue weighted by Gasteiger charge is -2.05. The van der Waals surface area contributed by atoms with Crippen LogP contribution in [0.15, 0.2) is 24.3 Å². The second-order valence-corrected chi connectivity index (χ2v) is 3.18. The van der Waals surface area contributed by atoms with Crippen LogP contribution in [-0.2, 0) is 0 Å². The largest absolute Gasteiger partial charge is 0.508 e. The Bertz CT molecular complexity index is 480. The van der Waals surface area contributed by atoms with Crippen molar-refractivity contribution in [2.45, 2.75) is 6.92 Å². The topological polar surface area (TPSA) is 42.4 Å². The molecule has 0 bridgehead atoms. The number of phenols is 1. The summed E-state index contributed by atoms with van der Waals surface area (Å²) in [4.78, 5) is 4.23. The van der Waals surface area contributed by atoms with Crippen molar-refractivity contribution in [1.82, 2.24) is 4.98 Å². The number of aromatic nitrogens is 1. The van der Waals surface area contributed by atoms with Crippen LogP contribution >= 0.6 is 0 Å². The van der Waals surface area contributed by atoms with E-state index >= 15 is 0 Å². The van der Waals surface area contributed by atoms with Crippen LogP contribution in [0.4, 0.5) is 0 Å². The normalized spacial score (nSPS) is 10.4. The number of hydrogen-bond acceptors (Lipinski definition) is 3. The molecule has 1 heterocycles. The first-order valence-electron chi connectivity index (χ1n) is 4.35. The van der Waals surface area contributed by atoms with Crippen molar-refractivity contribution in [3.8, 4) is 11.6 Å². The molecule has 0 radical (unpaired) electrons. The van der Waals surface area contributed by atoms with Crippen molar-refractivity contribution in [1.29, 1.82) is 0 Å². The van der Waals surface area contributed by atoms with E-state index in [-0.39, 0.29) is 5.75 Å². The van der Waals surface area contributed by atoms with Crippen molar-refractivity contribution in [3.05, 3.63) is 30.0 Å². The summed E-state index contributed by atoms with van der Waals surface area (Å²) in [6.45, 7) is 1.91. The summed E-state index contributed by atoms with van der Waals surface area (Å²) >= 11 is 0. The zero-order chi connectivity index (χ0) is 10.1. The minimum atomic E-state index is 0.224. The van der Waals surface area contributed by atoms with Crippen LogP contribution in [0.25, 0.3) is 10.8 Å². The van der Waals surface area contributed by atoms with Crippen molar-refractivity contribution in [2.75, 3.05) is 7.11 Å². The fraction of sp³-hybridized carbons (Fsp3) is 0.182. The third-order valence-corrected chi connectivity index (χ3v) is 2.10. The predicted molar refractivity (Wildman–Crippen MR) is 54.7 cm³/mol. The number of aromatic hydroxyl groups is 1. The highest BCUT2D eigenvalue weighted by Gasteiger charge is 2.04. The predicted octanol–water partition coefficient (Wildman–Crippen LogP) is 2.26. The van der Waals surface area contributed by atoms with Gasteiger partial charge in [-0.05, 0) is 30.5 Å². The number of phenolic OH excluding ortho intramolecular Hbond substituents is 1. The number of methoxy groups -OCH3 is 1. The van der Waals surface area contributed by atoms with Gasteiger partial charge >= 0.3 is 0 Å². The Hall–Kier alpha value is -1.77. The molecule has 0 aliphatic rings. The molecule has 1 N–H and O–H groups in total. The Morgan fingerprint density at radius 1 is 1.29 bits per heavy atom. The maximum absolute atomic E-state index is 9.34. The van der Waals surface area contributed by atoms with E-state index in [2.05, 4.69) is 4.98 Å². The van der Waals surface area contributed by atoms with Crippen LogP contribution < -0.4 is 4.74 Å². The molecule has 1 aromatic heterocycles. The van der Waals surface area contributed by atoms with E-state index in [4.69, 9.17) is 4.74 Å². The number of pyridine rings is 1. The van der Waals surface area contributed by atoms with E-state index in [0.29, 0.717) is 5.88 Å². The zero-order valence-electron chi connectivity index (χ0n) is 8.11. The monoisotopic (exact) mass is 189 g/mol. The molecule has 0 aliphatic heterocycles. The van der Waals surface area contributed by atoms with E-state index in [9.17, 15) is 5.11 Å². The standard InChI is InChI=1S/C11H11NO2/c1-7-5-8-3-4-9(13)6-10(8)11(12-7)14-2/h3-6,13H,1-2H3. The van der Waals surface area contributed by atoms with E-state index in [1.165, 1.54) is 0 Å². The Morgan fingerprint density at radius 2 is 2.07 bits per heavy atom. The minimum absolute atomic E-state index is 0.224. The summed E-state index contributed by atoms with van der Waals surface area (Å²) in [5.41, 5.74) is 0.903. The molecule has 3 heteroatoms. The van der Waals surface area contributed by atoms with Crippen LogP contribution in [0.2, 0.25) is 0 Å². The lowest BCUT2D eigenvalue weighted by atomic mass is 10.1. The fourth-order valence-corrected chi connectivity index (χ4v) is 1.49. The summed E-state index contributed by atoms with van der Waals surface area (Å²) in [7, 11) is 1.57. The number of nitrogens with zero attached hydrogens (tertiary/aromatic N) is 1. The summed E-state index contributed by atoms with van der Waals surface area (Å²) in [6, 6.07) is 7.11. The van der Waals surface area contributed by atoms with Crippen molar-refractivity contribution in [2.24, 2.45) is 0 Å².